The second-order valence-corrected chi connectivity index (χ2v) is 15.6. The molecule has 1 saturated heterocycles. The number of anilines is 1. The maximum Gasteiger partial charge on any atom is 0.410 e. The first-order chi connectivity index (χ1) is 23.3. The number of rotatable bonds is 9. The van der Waals surface area contributed by atoms with Gasteiger partial charge in [-0.25, -0.2) is 23.5 Å². The smallest absolute Gasteiger partial charge is 0.410 e. The molecule has 4 fully saturated rings. The Morgan fingerprint density at radius 3 is 2.65 bits per heavy atom. The van der Waals surface area contributed by atoms with E-state index >= 15 is 0 Å². The van der Waals surface area contributed by atoms with E-state index < -0.39 is 11.3 Å². The average molecular weight is 670 g/mol. The van der Waals surface area contributed by atoms with Crippen molar-refractivity contribution in [1.29, 1.82) is 0 Å². The van der Waals surface area contributed by atoms with Crippen molar-refractivity contribution in [3.8, 4) is 11.3 Å². The minimum atomic E-state index is -1.02. The minimum Gasteiger partial charge on any atom is -0.444 e. The molecule has 1 aliphatic heterocycles. The van der Waals surface area contributed by atoms with Gasteiger partial charge in [-0.15, -0.1) is 5.10 Å². The van der Waals surface area contributed by atoms with Crippen LogP contribution in [0.3, 0.4) is 0 Å². The Balaban J connectivity index is 1.02. The van der Waals surface area contributed by atoms with E-state index in [2.05, 4.69) is 27.3 Å². The topological polar surface area (TPSA) is 108 Å². The summed E-state index contributed by atoms with van der Waals surface area (Å²) in [5, 5.41) is 14.8. The zero-order valence-corrected chi connectivity index (χ0v) is 28.9. The van der Waals surface area contributed by atoms with Crippen molar-refractivity contribution >= 4 is 28.3 Å². The summed E-state index contributed by atoms with van der Waals surface area (Å²) in [6.07, 6.45) is 12.1. The summed E-state index contributed by atoms with van der Waals surface area (Å²) in [6.45, 7) is 7.64. The summed E-state index contributed by atoms with van der Waals surface area (Å²) < 4.78 is 31.9. The normalized spacial score (nSPS) is 23.3. The van der Waals surface area contributed by atoms with Crippen LogP contribution >= 0.6 is 0 Å². The summed E-state index contributed by atoms with van der Waals surface area (Å²) in [5.74, 6) is 0. The number of halogens is 1. The number of alkyl halides is 1. The highest BCUT2D eigenvalue weighted by Crippen LogP contribution is 2.69. The van der Waals surface area contributed by atoms with E-state index in [1.165, 1.54) is 0 Å². The molecule has 12 nitrogen and oxygen atoms in total. The SMILES string of the molecule is CN(C)c1cc(-c2cn(Cc3cn4cc(CN(CC56CC(F)(C5)C6)C(=O)OC(C)(C)C)ccc4n3)nn2)c2cnn(C3CCCCO3)c2c1. The lowest BCUT2D eigenvalue weighted by Crippen LogP contribution is -2.68. The lowest BCUT2D eigenvalue weighted by atomic mass is 9.42. The maximum atomic E-state index is 14.3. The van der Waals surface area contributed by atoms with E-state index in [0.29, 0.717) is 38.9 Å². The van der Waals surface area contributed by atoms with Gasteiger partial charge >= 0.3 is 6.09 Å². The number of hydrogen-bond acceptors (Lipinski definition) is 8. The lowest BCUT2D eigenvalue weighted by molar-refractivity contribution is -0.220. The van der Waals surface area contributed by atoms with Gasteiger partial charge in [0, 0.05) is 56.3 Å². The number of fused-ring (bicyclic) bond motifs is 2. The van der Waals surface area contributed by atoms with Crippen LogP contribution in [0.1, 0.15) is 76.8 Å². The molecule has 5 aromatic rings. The lowest BCUT2D eigenvalue weighted by Gasteiger charge is -2.66. The van der Waals surface area contributed by atoms with Gasteiger partial charge in [0.15, 0.2) is 6.23 Å². The highest BCUT2D eigenvalue weighted by Gasteiger charge is 2.69. The number of aromatic nitrogens is 7. The fourth-order valence-corrected chi connectivity index (χ4v) is 7.84. The van der Waals surface area contributed by atoms with Gasteiger partial charge in [0.1, 0.15) is 22.6 Å². The summed E-state index contributed by atoms with van der Waals surface area (Å²) >= 11 is 0. The molecule has 1 amide bonds. The summed E-state index contributed by atoms with van der Waals surface area (Å²) in [4.78, 5) is 21.9. The molecule has 1 aromatic carbocycles. The van der Waals surface area contributed by atoms with Crippen molar-refractivity contribution in [3.63, 3.8) is 0 Å². The fourth-order valence-electron chi connectivity index (χ4n) is 7.84. The van der Waals surface area contributed by atoms with Crippen LogP contribution in [0, 0.1) is 5.41 Å². The van der Waals surface area contributed by atoms with Crippen LogP contribution in [-0.4, -0.2) is 83.7 Å². The Kier molecular flexibility index (Phi) is 7.47. The zero-order valence-electron chi connectivity index (χ0n) is 28.9. The van der Waals surface area contributed by atoms with Gasteiger partial charge in [0.2, 0.25) is 0 Å². The summed E-state index contributed by atoms with van der Waals surface area (Å²) in [6, 6.07) is 8.21. The Morgan fingerprint density at radius 1 is 1.12 bits per heavy atom. The van der Waals surface area contributed by atoms with Crippen LogP contribution in [-0.2, 0) is 22.6 Å². The van der Waals surface area contributed by atoms with Gasteiger partial charge in [0.25, 0.3) is 0 Å². The number of benzene rings is 1. The quantitative estimate of drug-likeness (QED) is 0.178. The van der Waals surface area contributed by atoms with Crippen molar-refractivity contribution in [1.82, 2.24) is 39.1 Å². The van der Waals surface area contributed by atoms with E-state index in [1.54, 1.807) is 9.58 Å². The monoisotopic (exact) mass is 669 g/mol. The predicted molar refractivity (Wildman–Crippen MR) is 183 cm³/mol. The van der Waals surface area contributed by atoms with Gasteiger partial charge in [-0.3, -0.25) is 0 Å². The third-order valence-electron chi connectivity index (χ3n) is 9.97. The molecule has 4 aliphatic rings. The maximum absolute atomic E-state index is 14.3. The van der Waals surface area contributed by atoms with Crippen LogP contribution in [0.15, 0.2) is 49.1 Å². The first-order valence-corrected chi connectivity index (χ1v) is 17.2. The molecule has 9 rings (SSSR count). The third kappa shape index (κ3) is 6.13. The Morgan fingerprint density at radius 2 is 1.94 bits per heavy atom. The van der Waals surface area contributed by atoms with Crippen molar-refractivity contribution in [2.45, 2.75) is 89.9 Å². The number of amides is 1. The van der Waals surface area contributed by atoms with E-state index in [0.717, 1.165) is 70.6 Å². The largest absolute Gasteiger partial charge is 0.444 e. The van der Waals surface area contributed by atoms with Gasteiger partial charge in [-0.1, -0.05) is 11.3 Å². The van der Waals surface area contributed by atoms with Gasteiger partial charge in [0.05, 0.1) is 36.7 Å². The molecule has 5 heterocycles. The van der Waals surface area contributed by atoms with Crippen molar-refractivity contribution in [2.75, 3.05) is 32.1 Å². The first kappa shape index (κ1) is 31.7. The molecule has 4 aromatic heterocycles. The highest BCUT2D eigenvalue weighted by molar-refractivity contribution is 5.96. The first-order valence-electron chi connectivity index (χ1n) is 17.2. The van der Waals surface area contributed by atoms with Crippen molar-refractivity contribution < 1.29 is 18.7 Å². The van der Waals surface area contributed by atoms with Crippen molar-refractivity contribution in [2.24, 2.45) is 5.41 Å². The number of hydrogen-bond donors (Lipinski definition) is 0. The van der Waals surface area contributed by atoms with Crippen LogP contribution in [0.5, 0.6) is 0 Å². The Labute approximate surface area is 284 Å². The second-order valence-electron chi connectivity index (χ2n) is 15.6. The van der Waals surface area contributed by atoms with E-state index in [9.17, 15) is 9.18 Å². The standard InChI is InChI=1S/C36H44FN9O3/c1-34(2,3)49-33(47)44(23-35-20-36(37,21-35)22-35)16-24-9-10-31-39-25(17-43(31)15-24)18-45-19-29(40-41-45)27-12-26(42(4)5)13-30-28(27)14-38-46(30)32-8-6-7-11-48-32/h9-10,12-15,17,19,32H,6-8,11,16,18,20-23H2,1-5H3. The van der Waals surface area contributed by atoms with Gasteiger partial charge in [-0.2, -0.15) is 5.10 Å². The summed E-state index contributed by atoms with van der Waals surface area (Å²) in [7, 11) is 4.06. The number of carbonyl (C=O) groups excluding carboxylic acids is 1. The molecule has 258 valence electrons. The molecular formula is C36H44FN9O3. The molecule has 3 saturated carbocycles. The predicted octanol–water partition coefficient (Wildman–Crippen LogP) is 6.39. The molecule has 0 N–H and O–H groups in total. The number of nitrogens with zero attached hydrogens (tertiary/aromatic N) is 9. The molecule has 49 heavy (non-hydrogen) atoms. The minimum absolute atomic E-state index is 0.0694. The third-order valence-corrected chi connectivity index (χ3v) is 9.97. The number of imidazole rings is 1. The van der Waals surface area contributed by atoms with Gasteiger partial charge in [-0.05, 0) is 88.5 Å². The number of pyridine rings is 1. The van der Waals surface area contributed by atoms with E-state index in [-0.39, 0.29) is 17.7 Å². The average Bonchev–Trinajstić information content (AvgIpc) is 3.76. The van der Waals surface area contributed by atoms with Crippen LogP contribution in [0.2, 0.25) is 0 Å². The van der Waals surface area contributed by atoms with Crippen LogP contribution in [0.25, 0.3) is 27.8 Å². The zero-order chi connectivity index (χ0) is 34.1. The molecule has 0 radical (unpaired) electrons. The molecule has 0 spiro atoms. The van der Waals surface area contributed by atoms with Crippen molar-refractivity contribution in [3.05, 3.63) is 60.3 Å². The number of ether oxygens (including phenoxy) is 2. The molecule has 1 atom stereocenters. The van der Waals surface area contributed by atoms with E-state index in [4.69, 9.17) is 19.6 Å². The van der Waals surface area contributed by atoms with Crippen LogP contribution in [0.4, 0.5) is 14.9 Å². The second kappa shape index (κ2) is 11.5. The van der Waals surface area contributed by atoms with Crippen LogP contribution < -0.4 is 4.90 Å². The number of carbonyl (C=O) groups is 1. The molecule has 3 aliphatic carbocycles. The molecule has 1 unspecified atom stereocenters. The fraction of sp³-hybridized carbons (Fsp3) is 0.528. The molecule has 2 bridgehead atoms. The van der Waals surface area contributed by atoms with Gasteiger partial charge < -0.3 is 23.7 Å². The summed E-state index contributed by atoms with van der Waals surface area (Å²) in [5.41, 5.74) is 4.58. The van der Waals surface area contributed by atoms with E-state index in [1.807, 2.05) is 80.9 Å². The Bertz CT molecular complexity index is 2010. The Hall–Kier alpha value is -4.52. The molecule has 13 heteroatoms. The molecular weight excluding hydrogens is 625 g/mol. The highest BCUT2D eigenvalue weighted by atomic mass is 19.1.